The molecule has 0 amide bonds. The van der Waals surface area contributed by atoms with Gasteiger partial charge in [-0.3, -0.25) is 4.90 Å². The molecule has 5 heteroatoms. The number of morpholine rings is 1. The van der Waals surface area contributed by atoms with Gasteiger partial charge in [0.2, 0.25) is 0 Å². The Labute approximate surface area is 129 Å². The standard InChI is InChI=1S/C17H22F3NO/c1-16(2)11-21(8-9-22-16)10-14-13-5-3-4-12(13)6-7-15(14)17(18,19)20/h6-7H,3-5,8-11H2,1-2H3. The van der Waals surface area contributed by atoms with E-state index in [0.717, 1.165) is 30.4 Å². The lowest BCUT2D eigenvalue weighted by Gasteiger charge is -2.38. The highest BCUT2D eigenvalue weighted by atomic mass is 19.4. The van der Waals surface area contributed by atoms with Gasteiger partial charge in [-0.1, -0.05) is 6.07 Å². The maximum Gasteiger partial charge on any atom is 0.416 e. The van der Waals surface area contributed by atoms with E-state index >= 15 is 0 Å². The molecule has 1 aromatic carbocycles. The van der Waals surface area contributed by atoms with Crippen LogP contribution in [0.4, 0.5) is 13.2 Å². The summed E-state index contributed by atoms with van der Waals surface area (Å²) >= 11 is 0. The molecule has 1 aliphatic heterocycles. The molecule has 0 radical (unpaired) electrons. The normalized spacial score (nSPS) is 21.9. The maximum atomic E-state index is 13.4. The third-order valence-corrected chi connectivity index (χ3v) is 4.59. The van der Waals surface area contributed by atoms with E-state index in [1.54, 1.807) is 6.07 Å². The number of benzene rings is 1. The lowest BCUT2D eigenvalue weighted by atomic mass is 9.96. The summed E-state index contributed by atoms with van der Waals surface area (Å²) < 4.78 is 45.8. The van der Waals surface area contributed by atoms with E-state index in [1.165, 1.54) is 6.07 Å². The Hall–Kier alpha value is -1.07. The second-order valence-electron chi connectivity index (χ2n) is 6.90. The minimum absolute atomic E-state index is 0.297. The molecule has 1 fully saturated rings. The fraction of sp³-hybridized carbons (Fsp3) is 0.647. The van der Waals surface area contributed by atoms with E-state index in [2.05, 4.69) is 4.90 Å². The Kier molecular flexibility index (Phi) is 3.98. The zero-order valence-electron chi connectivity index (χ0n) is 13.1. The Morgan fingerprint density at radius 2 is 2.00 bits per heavy atom. The summed E-state index contributed by atoms with van der Waals surface area (Å²) in [5.74, 6) is 0. The Morgan fingerprint density at radius 3 is 2.68 bits per heavy atom. The third kappa shape index (κ3) is 3.15. The van der Waals surface area contributed by atoms with Gasteiger partial charge in [-0.25, -0.2) is 0 Å². The second kappa shape index (κ2) is 5.53. The molecule has 0 unspecified atom stereocenters. The summed E-state index contributed by atoms with van der Waals surface area (Å²) in [5, 5.41) is 0. The fourth-order valence-electron chi connectivity index (χ4n) is 3.66. The molecule has 0 bridgehead atoms. The zero-order chi connectivity index (χ0) is 16.0. The lowest BCUT2D eigenvalue weighted by Crippen LogP contribution is -2.48. The van der Waals surface area contributed by atoms with Crippen molar-refractivity contribution in [3.05, 3.63) is 34.4 Å². The molecule has 0 saturated carbocycles. The van der Waals surface area contributed by atoms with Crippen LogP contribution in [-0.4, -0.2) is 30.2 Å². The first-order chi connectivity index (χ1) is 10.3. The molecular weight excluding hydrogens is 291 g/mol. The van der Waals surface area contributed by atoms with E-state index in [4.69, 9.17) is 4.74 Å². The van der Waals surface area contributed by atoms with Crippen LogP contribution in [0.1, 0.15) is 42.5 Å². The number of aryl methyl sites for hydroxylation is 1. The van der Waals surface area contributed by atoms with Crippen molar-refractivity contribution in [2.24, 2.45) is 0 Å². The predicted molar refractivity (Wildman–Crippen MR) is 78.8 cm³/mol. The molecule has 1 heterocycles. The van der Waals surface area contributed by atoms with E-state index in [1.807, 2.05) is 13.8 Å². The number of rotatable bonds is 2. The monoisotopic (exact) mass is 313 g/mol. The number of hydrogen-bond donors (Lipinski definition) is 0. The number of nitrogens with zero attached hydrogens (tertiary/aromatic N) is 1. The lowest BCUT2D eigenvalue weighted by molar-refractivity contribution is -0.139. The van der Waals surface area contributed by atoms with Crippen molar-refractivity contribution in [1.29, 1.82) is 0 Å². The maximum absolute atomic E-state index is 13.4. The third-order valence-electron chi connectivity index (χ3n) is 4.59. The summed E-state index contributed by atoms with van der Waals surface area (Å²) in [5.41, 5.74) is 1.75. The van der Waals surface area contributed by atoms with Gasteiger partial charge in [0.15, 0.2) is 0 Å². The largest absolute Gasteiger partial charge is 0.416 e. The molecule has 22 heavy (non-hydrogen) atoms. The SMILES string of the molecule is CC1(C)CN(Cc2c(C(F)(F)F)ccc3c2CCC3)CCO1. The minimum Gasteiger partial charge on any atom is -0.373 e. The van der Waals surface area contributed by atoms with Crippen molar-refractivity contribution in [3.63, 3.8) is 0 Å². The van der Waals surface area contributed by atoms with E-state index in [0.29, 0.717) is 31.8 Å². The van der Waals surface area contributed by atoms with Gasteiger partial charge >= 0.3 is 6.18 Å². The predicted octanol–water partition coefficient (Wildman–Crippen LogP) is 3.80. The van der Waals surface area contributed by atoms with Gasteiger partial charge in [-0.2, -0.15) is 13.2 Å². The van der Waals surface area contributed by atoms with Crippen molar-refractivity contribution in [2.45, 2.75) is 51.4 Å². The zero-order valence-corrected chi connectivity index (χ0v) is 13.1. The highest BCUT2D eigenvalue weighted by Gasteiger charge is 2.37. The summed E-state index contributed by atoms with van der Waals surface area (Å²) in [6.07, 6.45) is -1.66. The van der Waals surface area contributed by atoms with Crippen LogP contribution in [0.5, 0.6) is 0 Å². The Bertz CT molecular complexity index is 566. The summed E-state index contributed by atoms with van der Waals surface area (Å²) in [4.78, 5) is 2.09. The molecular formula is C17H22F3NO. The van der Waals surface area contributed by atoms with Gasteiger partial charge in [0, 0.05) is 19.6 Å². The quantitative estimate of drug-likeness (QED) is 0.823. The highest BCUT2D eigenvalue weighted by Crippen LogP contribution is 2.38. The molecule has 0 atom stereocenters. The van der Waals surface area contributed by atoms with Gasteiger partial charge in [0.1, 0.15) is 0 Å². The molecule has 0 spiro atoms. The van der Waals surface area contributed by atoms with Crippen molar-refractivity contribution in [2.75, 3.05) is 19.7 Å². The van der Waals surface area contributed by atoms with Crippen molar-refractivity contribution in [3.8, 4) is 0 Å². The Morgan fingerprint density at radius 1 is 1.23 bits per heavy atom. The van der Waals surface area contributed by atoms with Crippen LogP contribution in [0.3, 0.4) is 0 Å². The topological polar surface area (TPSA) is 12.5 Å². The van der Waals surface area contributed by atoms with Crippen LogP contribution in [0.2, 0.25) is 0 Å². The molecule has 2 aliphatic rings. The molecule has 1 aromatic rings. The summed E-state index contributed by atoms with van der Waals surface area (Å²) in [6.45, 7) is 6.26. The van der Waals surface area contributed by atoms with Crippen molar-refractivity contribution >= 4 is 0 Å². The summed E-state index contributed by atoms with van der Waals surface area (Å²) in [6, 6.07) is 2.93. The van der Waals surface area contributed by atoms with Crippen molar-refractivity contribution in [1.82, 2.24) is 4.90 Å². The second-order valence-corrected chi connectivity index (χ2v) is 6.90. The average Bonchev–Trinajstić information content (AvgIpc) is 2.85. The number of fused-ring (bicyclic) bond motifs is 1. The number of alkyl halides is 3. The number of hydrogen-bond acceptors (Lipinski definition) is 2. The first-order valence-corrected chi connectivity index (χ1v) is 7.83. The first kappa shape index (κ1) is 15.8. The van der Waals surface area contributed by atoms with Crippen LogP contribution in [0, 0.1) is 0 Å². The smallest absolute Gasteiger partial charge is 0.373 e. The molecule has 1 saturated heterocycles. The van der Waals surface area contributed by atoms with Gasteiger partial charge in [0.25, 0.3) is 0 Å². The van der Waals surface area contributed by atoms with Gasteiger partial charge in [0.05, 0.1) is 17.8 Å². The number of halogens is 3. The summed E-state index contributed by atoms with van der Waals surface area (Å²) in [7, 11) is 0. The number of ether oxygens (including phenoxy) is 1. The molecule has 2 nitrogen and oxygen atoms in total. The Balaban J connectivity index is 1.93. The van der Waals surface area contributed by atoms with Crippen LogP contribution in [0.25, 0.3) is 0 Å². The van der Waals surface area contributed by atoms with Crippen LogP contribution >= 0.6 is 0 Å². The van der Waals surface area contributed by atoms with Crippen LogP contribution < -0.4 is 0 Å². The fourth-order valence-corrected chi connectivity index (χ4v) is 3.66. The molecule has 0 N–H and O–H groups in total. The van der Waals surface area contributed by atoms with Gasteiger partial charge in [-0.05, 0) is 55.9 Å². The van der Waals surface area contributed by atoms with E-state index < -0.39 is 11.7 Å². The molecule has 3 rings (SSSR count). The molecule has 1 aliphatic carbocycles. The molecule has 122 valence electrons. The first-order valence-electron chi connectivity index (χ1n) is 7.83. The van der Waals surface area contributed by atoms with Gasteiger partial charge < -0.3 is 4.74 Å². The van der Waals surface area contributed by atoms with Crippen LogP contribution in [-0.2, 0) is 30.3 Å². The van der Waals surface area contributed by atoms with E-state index in [-0.39, 0.29) is 5.60 Å². The van der Waals surface area contributed by atoms with E-state index in [9.17, 15) is 13.2 Å². The van der Waals surface area contributed by atoms with Crippen LogP contribution in [0.15, 0.2) is 12.1 Å². The average molecular weight is 313 g/mol. The molecule has 0 aromatic heterocycles. The van der Waals surface area contributed by atoms with Crippen molar-refractivity contribution < 1.29 is 17.9 Å². The minimum atomic E-state index is -4.28. The van der Waals surface area contributed by atoms with Gasteiger partial charge in [-0.15, -0.1) is 0 Å². The highest BCUT2D eigenvalue weighted by molar-refractivity contribution is 5.45.